The highest BCUT2D eigenvalue weighted by molar-refractivity contribution is 7.71. The molecule has 0 spiro atoms. The summed E-state index contributed by atoms with van der Waals surface area (Å²) >= 11 is 11.6. The molecule has 0 radical (unpaired) electrons. The first kappa shape index (κ1) is 20.7. The van der Waals surface area contributed by atoms with E-state index in [9.17, 15) is 4.79 Å². The number of fused-ring (bicyclic) bond motifs is 1. The number of rotatable bonds is 4. The van der Waals surface area contributed by atoms with E-state index in [0.29, 0.717) is 22.0 Å². The van der Waals surface area contributed by atoms with Crippen LogP contribution in [-0.4, -0.2) is 31.8 Å². The largest absolute Gasteiger partial charge is 0.444 e. The van der Waals surface area contributed by atoms with Crippen LogP contribution in [0.5, 0.6) is 0 Å². The van der Waals surface area contributed by atoms with E-state index in [4.69, 9.17) is 28.6 Å². The Morgan fingerprint density at radius 2 is 1.92 bits per heavy atom. The number of alkyl carbamates (subject to hydrolysis) is 1. The molecule has 2 rings (SSSR count). The van der Waals surface area contributed by atoms with E-state index in [-0.39, 0.29) is 5.41 Å². The topological polar surface area (TPSA) is 71.9 Å². The third-order valence-electron chi connectivity index (χ3n) is 4.71. The molecular weight excluding hydrogens is 372 g/mol. The van der Waals surface area contributed by atoms with Crippen LogP contribution in [0.2, 0.25) is 5.15 Å². The summed E-state index contributed by atoms with van der Waals surface area (Å²) in [6, 6.07) is 1.87. The fourth-order valence-corrected chi connectivity index (χ4v) is 2.99. The van der Waals surface area contributed by atoms with E-state index in [0.717, 1.165) is 5.52 Å². The van der Waals surface area contributed by atoms with Gasteiger partial charge >= 0.3 is 6.09 Å². The molecule has 144 valence electrons. The van der Waals surface area contributed by atoms with E-state index in [1.165, 1.54) is 0 Å². The van der Waals surface area contributed by atoms with Crippen LogP contribution in [0.25, 0.3) is 11.0 Å². The number of carbonyl (C=O) groups excluding carboxylic acids is 1. The second-order valence-electron chi connectivity index (χ2n) is 8.65. The van der Waals surface area contributed by atoms with Crippen LogP contribution in [0, 0.1) is 10.2 Å². The van der Waals surface area contributed by atoms with Crippen molar-refractivity contribution in [3.8, 4) is 0 Å². The van der Waals surface area contributed by atoms with Gasteiger partial charge in [-0.05, 0) is 52.9 Å². The number of amides is 1. The van der Waals surface area contributed by atoms with Gasteiger partial charge in [-0.15, -0.1) is 0 Å². The highest BCUT2D eigenvalue weighted by Crippen LogP contribution is 2.34. The van der Waals surface area contributed by atoms with Crippen LogP contribution < -0.4 is 5.32 Å². The minimum atomic E-state index is -0.551. The number of nitrogens with one attached hydrogen (secondary N) is 2. The first-order valence-corrected chi connectivity index (χ1v) is 9.26. The molecule has 2 heterocycles. The Hall–Kier alpha value is -1.60. The van der Waals surface area contributed by atoms with Crippen molar-refractivity contribution in [1.29, 1.82) is 0 Å². The first-order chi connectivity index (χ1) is 11.7. The molecule has 0 aliphatic rings. The van der Waals surface area contributed by atoms with Crippen molar-refractivity contribution < 1.29 is 9.53 Å². The van der Waals surface area contributed by atoms with Crippen molar-refractivity contribution in [2.75, 3.05) is 0 Å². The monoisotopic (exact) mass is 398 g/mol. The Kier molecular flexibility index (Phi) is 5.46. The highest BCUT2D eigenvalue weighted by atomic mass is 35.5. The SMILES string of the molecule is CC(C)(C)OC(=O)NC(C)(C)C(C)(C)Cn1c(=S)[nH]c2c(Cl)nccc21. The molecule has 26 heavy (non-hydrogen) atoms. The third kappa shape index (κ3) is 4.38. The van der Waals surface area contributed by atoms with E-state index in [2.05, 4.69) is 29.1 Å². The maximum atomic E-state index is 12.3. The summed E-state index contributed by atoms with van der Waals surface area (Å²) in [5.41, 5.74) is 0.161. The molecule has 0 saturated carbocycles. The Bertz CT molecular complexity index is 877. The van der Waals surface area contributed by atoms with Crippen LogP contribution in [0.3, 0.4) is 0 Å². The summed E-state index contributed by atoms with van der Waals surface area (Å²) in [5.74, 6) is 0. The molecular formula is C18H27ClN4O2S. The number of imidazole rings is 1. The minimum Gasteiger partial charge on any atom is -0.444 e. The average Bonchev–Trinajstić information content (AvgIpc) is 2.74. The van der Waals surface area contributed by atoms with Gasteiger partial charge in [0.15, 0.2) is 9.92 Å². The summed E-state index contributed by atoms with van der Waals surface area (Å²) in [6.07, 6.45) is 1.21. The molecule has 2 aromatic heterocycles. The van der Waals surface area contributed by atoms with Gasteiger partial charge in [0.2, 0.25) is 0 Å². The predicted octanol–water partition coefficient (Wildman–Crippen LogP) is 5.08. The van der Waals surface area contributed by atoms with Crippen LogP contribution in [-0.2, 0) is 11.3 Å². The van der Waals surface area contributed by atoms with Crippen molar-refractivity contribution in [3.05, 3.63) is 22.2 Å². The van der Waals surface area contributed by atoms with Gasteiger partial charge in [-0.3, -0.25) is 0 Å². The lowest BCUT2D eigenvalue weighted by Crippen LogP contribution is -2.56. The fraction of sp³-hybridized carbons (Fsp3) is 0.611. The first-order valence-electron chi connectivity index (χ1n) is 8.48. The van der Waals surface area contributed by atoms with Gasteiger partial charge in [0.1, 0.15) is 11.1 Å². The van der Waals surface area contributed by atoms with Crippen LogP contribution in [0.1, 0.15) is 48.5 Å². The maximum absolute atomic E-state index is 12.3. The van der Waals surface area contributed by atoms with Gasteiger partial charge in [-0.2, -0.15) is 0 Å². The van der Waals surface area contributed by atoms with Crippen LogP contribution >= 0.6 is 23.8 Å². The lowest BCUT2D eigenvalue weighted by atomic mass is 9.74. The molecule has 8 heteroatoms. The quantitative estimate of drug-likeness (QED) is 0.556. The number of carbonyl (C=O) groups is 1. The molecule has 0 aliphatic carbocycles. The number of H-pyrrole nitrogens is 1. The zero-order valence-corrected chi connectivity index (χ0v) is 17.9. The normalized spacial score (nSPS) is 13.1. The predicted molar refractivity (Wildman–Crippen MR) is 107 cm³/mol. The van der Waals surface area contributed by atoms with Gasteiger partial charge in [0.05, 0.1) is 5.52 Å². The highest BCUT2D eigenvalue weighted by Gasteiger charge is 2.40. The molecule has 0 bridgehead atoms. The lowest BCUT2D eigenvalue weighted by Gasteiger charge is -2.42. The molecule has 0 fully saturated rings. The van der Waals surface area contributed by atoms with Crippen molar-refractivity contribution >= 4 is 40.9 Å². The number of hydrogen-bond acceptors (Lipinski definition) is 4. The molecule has 0 unspecified atom stereocenters. The van der Waals surface area contributed by atoms with Crippen LogP contribution in [0.4, 0.5) is 4.79 Å². The number of nitrogens with zero attached hydrogens (tertiary/aromatic N) is 2. The Labute approximate surface area is 164 Å². The minimum absolute atomic E-state index is 0.340. The maximum Gasteiger partial charge on any atom is 0.408 e. The van der Waals surface area contributed by atoms with Crippen LogP contribution in [0.15, 0.2) is 12.3 Å². The van der Waals surface area contributed by atoms with Crippen molar-refractivity contribution in [2.45, 2.75) is 66.2 Å². The number of aromatic nitrogens is 3. The van der Waals surface area contributed by atoms with E-state index in [1.807, 2.05) is 45.3 Å². The summed E-state index contributed by atoms with van der Waals surface area (Å²) in [6.45, 7) is 14.2. The van der Waals surface area contributed by atoms with Gasteiger partial charge in [0.25, 0.3) is 0 Å². The number of aromatic amines is 1. The summed E-state index contributed by atoms with van der Waals surface area (Å²) < 4.78 is 7.95. The Balaban J connectivity index is 2.30. The number of ether oxygens (including phenoxy) is 1. The van der Waals surface area contributed by atoms with E-state index >= 15 is 0 Å². The summed E-state index contributed by atoms with van der Waals surface area (Å²) in [7, 11) is 0. The zero-order chi connectivity index (χ0) is 19.9. The number of pyridine rings is 1. The molecule has 0 aromatic carbocycles. The van der Waals surface area contributed by atoms with E-state index in [1.54, 1.807) is 6.20 Å². The van der Waals surface area contributed by atoms with Gasteiger partial charge < -0.3 is 19.6 Å². The average molecular weight is 399 g/mol. The summed E-state index contributed by atoms with van der Waals surface area (Å²) in [4.78, 5) is 19.4. The standard InChI is InChI=1S/C18H27ClN4O2S/c1-16(2,3)25-15(24)22-18(6,7)17(4,5)10-23-11-8-9-20-13(19)12(11)21-14(23)26/h8-9H,10H2,1-7H3,(H,21,26)(H,22,24). The second-order valence-corrected chi connectivity index (χ2v) is 9.39. The Morgan fingerprint density at radius 1 is 1.31 bits per heavy atom. The second kappa shape index (κ2) is 6.85. The molecule has 2 N–H and O–H groups in total. The van der Waals surface area contributed by atoms with Crippen molar-refractivity contribution in [3.63, 3.8) is 0 Å². The molecule has 6 nitrogen and oxygen atoms in total. The molecule has 0 aliphatic heterocycles. The smallest absolute Gasteiger partial charge is 0.408 e. The van der Waals surface area contributed by atoms with E-state index < -0.39 is 17.2 Å². The van der Waals surface area contributed by atoms with Gasteiger partial charge in [-0.25, -0.2) is 9.78 Å². The van der Waals surface area contributed by atoms with Gasteiger partial charge in [-0.1, -0.05) is 25.4 Å². The molecule has 2 aromatic rings. The zero-order valence-electron chi connectivity index (χ0n) is 16.4. The molecule has 0 atom stereocenters. The third-order valence-corrected chi connectivity index (χ3v) is 5.32. The number of halogens is 1. The lowest BCUT2D eigenvalue weighted by molar-refractivity contribution is 0.0348. The number of hydrogen-bond donors (Lipinski definition) is 2. The van der Waals surface area contributed by atoms with Crippen molar-refractivity contribution in [2.24, 2.45) is 5.41 Å². The van der Waals surface area contributed by atoms with Gasteiger partial charge in [0, 0.05) is 23.7 Å². The van der Waals surface area contributed by atoms with Crippen molar-refractivity contribution in [1.82, 2.24) is 19.9 Å². The Morgan fingerprint density at radius 3 is 2.50 bits per heavy atom. The summed E-state index contributed by atoms with van der Waals surface area (Å²) in [5, 5.41) is 3.37. The fourth-order valence-electron chi connectivity index (χ4n) is 2.53. The molecule has 0 saturated heterocycles. The molecule has 1 amide bonds.